The number of hydrazone groups is 1. The van der Waals surface area contributed by atoms with E-state index in [4.69, 9.17) is 4.74 Å². The predicted octanol–water partition coefficient (Wildman–Crippen LogP) is 3.79. The van der Waals surface area contributed by atoms with Crippen LogP contribution in [-0.4, -0.2) is 22.5 Å². The Kier molecular flexibility index (Phi) is 4.35. The number of hydrogen-bond donors (Lipinski definition) is 2. The van der Waals surface area contributed by atoms with Gasteiger partial charge in [0.05, 0.1) is 5.71 Å². The minimum absolute atomic E-state index is 0.144. The third-order valence-electron chi connectivity index (χ3n) is 3.00. The number of hydrogen-bond acceptors (Lipinski definition) is 4. The van der Waals surface area contributed by atoms with Crippen LogP contribution in [0.1, 0.15) is 33.3 Å². The largest absolute Gasteiger partial charge is 0.507 e. The maximum atomic E-state index is 11.6. The molecule has 5 heteroatoms. The molecule has 2 N–H and O–H groups in total. The van der Waals surface area contributed by atoms with E-state index in [2.05, 4.69) is 10.5 Å². The van der Waals surface area contributed by atoms with Crippen molar-refractivity contribution in [3.05, 3.63) is 42.0 Å². The quantitative estimate of drug-likeness (QED) is 0.654. The van der Waals surface area contributed by atoms with E-state index < -0.39 is 11.7 Å². The monoisotopic (exact) mass is 300 g/mol. The van der Waals surface area contributed by atoms with E-state index >= 15 is 0 Å². The molecule has 0 saturated heterocycles. The second-order valence-corrected chi connectivity index (χ2v) is 5.99. The van der Waals surface area contributed by atoms with E-state index in [0.717, 1.165) is 10.8 Å². The van der Waals surface area contributed by atoms with Crippen LogP contribution in [0.5, 0.6) is 5.75 Å². The van der Waals surface area contributed by atoms with Crippen LogP contribution in [0.2, 0.25) is 0 Å². The number of phenols is 1. The highest BCUT2D eigenvalue weighted by Gasteiger charge is 2.16. The number of carbonyl (C=O) groups is 1. The molecule has 0 fully saturated rings. The van der Waals surface area contributed by atoms with Gasteiger partial charge in [-0.25, -0.2) is 10.2 Å². The van der Waals surface area contributed by atoms with Gasteiger partial charge >= 0.3 is 6.09 Å². The van der Waals surface area contributed by atoms with Crippen molar-refractivity contribution in [1.29, 1.82) is 0 Å². The van der Waals surface area contributed by atoms with Gasteiger partial charge in [0.15, 0.2) is 0 Å². The fourth-order valence-corrected chi connectivity index (χ4v) is 2.04. The summed E-state index contributed by atoms with van der Waals surface area (Å²) in [7, 11) is 0. The standard InChI is InChI=1S/C17H20N2O3/c1-11(18-19-16(21)22-17(2,3)4)13-10-9-12-7-5-6-8-14(12)15(13)20/h5-10,20H,1-4H3,(H,19,21)/b18-11-. The maximum absolute atomic E-state index is 11.6. The van der Waals surface area contributed by atoms with Crippen molar-refractivity contribution >= 4 is 22.6 Å². The second-order valence-electron chi connectivity index (χ2n) is 5.99. The van der Waals surface area contributed by atoms with Crippen molar-refractivity contribution in [1.82, 2.24) is 5.43 Å². The Bertz CT molecular complexity index is 730. The normalized spacial score (nSPS) is 12.3. The molecule has 0 unspecified atom stereocenters. The molecule has 0 bridgehead atoms. The lowest BCUT2D eigenvalue weighted by Gasteiger charge is -2.18. The highest BCUT2D eigenvalue weighted by atomic mass is 16.6. The molecule has 0 saturated carbocycles. The summed E-state index contributed by atoms with van der Waals surface area (Å²) in [5.74, 6) is 0.144. The molecule has 2 aromatic rings. The zero-order valence-corrected chi connectivity index (χ0v) is 13.2. The van der Waals surface area contributed by atoms with Gasteiger partial charge in [0, 0.05) is 10.9 Å². The number of ether oxygens (including phenoxy) is 1. The summed E-state index contributed by atoms with van der Waals surface area (Å²) in [5, 5.41) is 16.0. The summed E-state index contributed by atoms with van der Waals surface area (Å²) >= 11 is 0. The van der Waals surface area contributed by atoms with E-state index in [-0.39, 0.29) is 5.75 Å². The van der Waals surface area contributed by atoms with E-state index in [1.165, 1.54) is 0 Å². The third-order valence-corrected chi connectivity index (χ3v) is 3.00. The number of nitrogens with one attached hydrogen (secondary N) is 1. The molecule has 0 spiro atoms. The average molecular weight is 300 g/mol. The Balaban J connectivity index is 2.22. The van der Waals surface area contributed by atoms with Crippen LogP contribution in [0.4, 0.5) is 4.79 Å². The number of rotatable bonds is 2. The van der Waals surface area contributed by atoms with Crippen molar-refractivity contribution in [2.75, 3.05) is 0 Å². The zero-order valence-electron chi connectivity index (χ0n) is 13.2. The number of phenolic OH excluding ortho intramolecular Hbond substituents is 1. The van der Waals surface area contributed by atoms with Crippen molar-refractivity contribution in [3.8, 4) is 5.75 Å². The topological polar surface area (TPSA) is 70.9 Å². The first-order valence-electron chi connectivity index (χ1n) is 7.02. The number of amides is 1. The number of carbonyl (C=O) groups excluding carboxylic acids is 1. The molecule has 2 rings (SSSR count). The Morgan fingerprint density at radius 3 is 2.55 bits per heavy atom. The molecule has 0 aliphatic carbocycles. The van der Waals surface area contributed by atoms with Gasteiger partial charge in [0.2, 0.25) is 0 Å². The molecule has 0 aliphatic rings. The lowest BCUT2D eigenvalue weighted by Crippen LogP contribution is -2.30. The first kappa shape index (κ1) is 15.8. The van der Waals surface area contributed by atoms with Crippen molar-refractivity contribution in [2.45, 2.75) is 33.3 Å². The van der Waals surface area contributed by atoms with Crippen LogP contribution < -0.4 is 5.43 Å². The van der Waals surface area contributed by atoms with Gasteiger partial charge < -0.3 is 9.84 Å². The van der Waals surface area contributed by atoms with E-state index in [0.29, 0.717) is 11.3 Å². The first-order valence-corrected chi connectivity index (χ1v) is 7.02. The molecular weight excluding hydrogens is 280 g/mol. The fraction of sp³-hybridized carbons (Fsp3) is 0.294. The third kappa shape index (κ3) is 3.75. The Morgan fingerprint density at radius 2 is 1.86 bits per heavy atom. The highest BCUT2D eigenvalue weighted by molar-refractivity contribution is 6.06. The van der Waals surface area contributed by atoms with Gasteiger partial charge in [0.1, 0.15) is 11.4 Å². The van der Waals surface area contributed by atoms with Gasteiger partial charge in [0.25, 0.3) is 0 Å². The molecule has 116 valence electrons. The second kappa shape index (κ2) is 6.05. The number of fused-ring (bicyclic) bond motifs is 1. The van der Waals surface area contributed by atoms with Gasteiger partial charge in [-0.15, -0.1) is 0 Å². The van der Waals surface area contributed by atoms with Crippen molar-refractivity contribution in [3.63, 3.8) is 0 Å². The first-order chi connectivity index (χ1) is 10.3. The molecule has 1 amide bonds. The van der Waals surface area contributed by atoms with E-state index in [1.807, 2.05) is 30.3 Å². The van der Waals surface area contributed by atoms with Crippen molar-refractivity contribution in [2.24, 2.45) is 5.10 Å². The van der Waals surface area contributed by atoms with E-state index in [1.54, 1.807) is 33.8 Å². The molecule has 0 radical (unpaired) electrons. The summed E-state index contributed by atoms with van der Waals surface area (Å²) in [5.41, 5.74) is 2.80. The summed E-state index contributed by atoms with van der Waals surface area (Å²) in [6.45, 7) is 7.04. The number of benzene rings is 2. The lowest BCUT2D eigenvalue weighted by atomic mass is 10.0. The van der Waals surface area contributed by atoms with Crippen LogP contribution in [0, 0.1) is 0 Å². The van der Waals surface area contributed by atoms with Gasteiger partial charge in [-0.1, -0.05) is 30.3 Å². The minimum Gasteiger partial charge on any atom is -0.507 e. The summed E-state index contributed by atoms with van der Waals surface area (Å²) in [6, 6.07) is 11.2. The van der Waals surface area contributed by atoms with Crippen LogP contribution in [0.3, 0.4) is 0 Å². The zero-order chi connectivity index (χ0) is 16.3. The maximum Gasteiger partial charge on any atom is 0.428 e. The molecule has 0 aromatic heterocycles. The summed E-state index contributed by atoms with van der Waals surface area (Å²) in [4.78, 5) is 11.6. The summed E-state index contributed by atoms with van der Waals surface area (Å²) < 4.78 is 5.10. The molecule has 5 nitrogen and oxygen atoms in total. The molecular formula is C17H20N2O3. The lowest BCUT2D eigenvalue weighted by molar-refractivity contribution is 0.0529. The molecule has 2 aromatic carbocycles. The van der Waals surface area contributed by atoms with Crippen LogP contribution in [-0.2, 0) is 4.74 Å². The molecule has 22 heavy (non-hydrogen) atoms. The average Bonchev–Trinajstić information content (AvgIpc) is 2.44. The molecule has 0 atom stereocenters. The Morgan fingerprint density at radius 1 is 1.18 bits per heavy atom. The van der Waals surface area contributed by atoms with Crippen molar-refractivity contribution < 1.29 is 14.6 Å². The molecule has 0 heterocycles. The summed E-state index contributed by atoms with van der Waals surface area (Å²) in [6.07, 6.45) is -0.632. The molecule has 0 aliphatic heterocycles. The minimum atomic E-state index is -0.632. The van der Waals surface area contributed by atoms with E-state index in [9.17, 15) is 9.90 Å². The fourth-order valence-electron chi connectivity index (χ4n) is 2.04. The van der Waals surface area contributed by atoms with Gasteiger partial charge in [-0.2, -0.15) is 5.10 Å². The number of aromatic hydroxyl groups is 1. The Hall–Kier alpha value is -2.56. The SMILES string of the molecule is C/C(=N/NC(=O)OC(C)(C)C)c1ccc2ccccc2c1O. The smallest absolute Gasteiger partial charge is 0.428 e. The van der Waals surface area contributed by atoms with Gasteiger partial charge in [-0.3, -0.25) is 0 Å². The van der Waals surface area contributed by atoms with Gasteiger partial charge in [-0.05, 0) is 39.1 Å². The van der Waals surface area contributed by atoms with Crippen LogP contribution in [0.15, 0.2) is 41.5 Å². The van der Waals surface area contributed by atoms with Crippen LogP contribution >= 0.6 is 0 Å². The predicted molar refractivity (Wildman–Crippen MR) is 87.2 cm³/mol. The Labute approximate surface area is 129 Å². The van der Waals surface area contributed by atoms with Crippen LogP contribution in [0.25, 0.3) is 10.8 Å². The number of nitrogens with zero attached hydrogens (tertiary/aromatic N) is 1. The highest BCUT2D eigenvalue weighted by Crippen LogP contribution is 2.28.